The molecule has 0 spiro atoms. The van der Waals surface area contributed by atoms with Crippen molar-refractivity contribution in [2.75, 3.05) is 6.54 Å². The molecule has 0 heterocycles. The van der Waals surface area contributed by atoms with Crippen LogP contribution in [0.4, 0.5) is 0 Å². The van der Waals surface area contributed by atoms with Gasteiger partial charge in [-0.3, -0.25) is 0 Å². The summed E-state index contributed by atoms with van der Waals surface area (Å²) in [5.74, 6) is 2.99. The minimum atomic E-state index is 0.782. The zero-order chi connectivity index (χ0) is 11.2. The van der Waals surface area contributed by atoms with E-state index in [0.29, 0.717) is 0 Å². The Balaban J connectivity index is 1.47. The molecule has 0 amide bonds. The van der Waals surface area contributed by atoms with Gasteiger partial charge in [0.05, 0.1) is 0 Å². The summed E-state index contributed by atoms with van der Waals surface area (Å²) < 4.78 is 0. The molecule has 0 aromatic heterocycles. The fourth-order valence-electron chi connectivity index (χ4n) is 4.05. The van der Waals surface area contributed by atoms with E-state index in [-0.39, 0.29) is 0 Å². The second-order valence-corrected chi connectivity index (χ2v) is 7.13. The van der Waals surface area contributed by atoms with Gasteiger partial charge in [0, 0.05) is 12.6 Å². The van der Waals surface area contributed by atoms with Crippen LogP contribution in [0.1, 0.15) is 58.8 Å². The van der Waals surface area contributed by atoms with Crippen molar-refractivity contribution in [1.29, 1.82) is 0 Å². The van der Waals surface area contributed by atoms with Gasteiger partial charge in [0.25, 0.3) is 0 Å². The minimum absolute atomic E-state index is 0.782. The van der Waals surface area contributed by atoms with Crippen LogP contribution >= 0.6 is 0 Å². The third-order valence-electron chi connectivity index (χ3n) is 5.26. The van der Waals surface area contributed by atoms with Gasteiger partial charge in [0.15, 0.2) is 0 Å². The summed E-state index contributed by atoms with van der Waals surface area (Å²) in [5.41, 5.74) is 0.782. The molecular weight excluding hydrogens is 194 g/mol. The lowest BCUT2D eigenvalue weighted by molar-refractivity contribution is 0.226. The van der Waals surface area contributed by atoms with Crippen molar-refractivity contribution in [3.05, 3.63) is 0 Å². The molecule has 1 N–H and O–H groups in total. The number of hydrogen-bond acceptors (Lipinski definition) is 1. The highest BCUT2D eigenvalue weighted by Crippen LogP contribution is 2.60. The van der Waals surface area contributed by atoms with E-state index in [1.807, 2.05) is 0 Å². The molecule has 0 aliphatic heterocycles. The van der Waals surface area contributed by atoms with E-state index in [0.717, 1.165) is 29.2 Å². The van der Waals surface area contributed by atoms with Gasteiger partial charge in [-0.25, -0.2) is 0 Å². The number of nitrogens with one attached hydrogen (secondary N) is 1. The first-order valence-electron chi connectivity index (χ1n) is 7.41. The van der Waals surface area contributed by atoms with Crippen LogP contribution in [0.3, 0.4) is 0 Å². The molecule has 16 heavy (non-hydrogen) atoms. The zero-order valence-corrected chi connectivity index (χ0v) is 11.0. The Hall–Kier alpha value is -0.0400. The Morgan fingerprint density at radius 2 is 1.62 bits per heavy atom. The summed E-state index contributed by atoms with van der Waals surface area (Å²) in [6.07, 6.45) is 10.4. The monoisotopic (exact) mass is 221 g/mol. The smallest absolute Gasteiger partial charge is 0.00723 e. The highest BCUT2D eigenvalue weighted by molar-refractivity contribution is 5.05. The van der Waals surface area contributed by atoms with Crippen LogP contribution in [0.2, 0.25) is 0 Å². The summed E-state index contributed by atoms with van der Waals surface area (Å²) in [4.78, 5) is 0. The summed E-state index contributed by atoms with van der Waals surface area (Å²) in [6, 6.07) is 0.829. The van der Waals surface area contributed by atoms with E-state index in [9.17, 15) is 0 Å². The summed E-state index contributed by atoms with van der Waals surface area (Å²) in [5, 5.41) is 3.91. The molecule has 1 heteroatoms. The van der Waals surface area contributed by atoms with Crippen LogP contribution in [-0.4, -0.2) is 12.6 Å². The summed E-state index contributed by atoms with van der Waals surface area (Å²) in [6.45, 7) is 6.19. The number of rotatable bonds is 4. The molecular formula is C15H27N. The molecule has 0 radical (unpaired) electrons. The van der Waals surface area contributed by atoms with E-state index in [2.05, 4.69) is 19.2 Å². The lowest BCUT2D eigenvalue weighted by atomic mass is 9.80. The largest absolute Gasteiger partial charge is 0.313 e. The first-order valence-corrected chi connectivity index (χ1v) is 7.41. The lowest BCUT2D eigenvalue weighted by Crippen LogP contribution is -2.39. The lowest BCUT2D eigenvalue weighted by Gasteiger charge is -2.33. The predicted molar refractivity (Wildman–Crippen MR) is 68.4 cm³/mol. The van der Waals surface area contributed by atoms with Crippen LogP contribution in [0.5, 0.6) is 0 Å². The average Bonchev–Trinajstić information content (AvgIpc) is 3.07. The van der Waals surface area contributed by atoms with Crippen LogP contribution in [0.15, 0.2) is 0 Å². The van der Waals surface area contributed by atoms with Gasteiger partial charge in [-0.2, -0.15) is 0 Å². The van der Waals surface area contributed by atoms with E-state index in [4.69, 9.17) is 0 Å². The molecule has 0 bridgehead atoms. The molecule has 3 aliphatic carbocycles. The maximum absolute atomic E-state index is 3.91. The average molecular weight is 221 g/mol. The van der Waals surface area contributed by atoms with Crippen molar-refractivity contribution < 1.29 is 0 Å². The molecule has 3 aliphatic rings. The molecule has 0 saturated heterocycles. The van der Waals surface area contributed by atoms with Crippen LogP contribution in [0.25, 0.3) is 0 Å². The van der Waals surface area contributed by atoms with Crippen molar-refractivity contribution in [3.63, 3.8) is 0 Å². The van der Waals surface area contributed by atoms with Gasteiger partial charge in [0.2, 0.25) is 0 Å². The topological polar surface area (TPSA) is 12.0 Å². The van der Waals surface area contributed by atoms with Gasteiger partial charge in [-0.1, -0.05) is 13.8 Å². The van der Waals surface area contributed by atoms with Gasteiger partial charge >= 0.3 is 0 Å². The Kier molecular flexibility index (Phi) is 2.78. The van der Waals surface area contributed by atoms with Crippen LogP contribution in [0, 0.1) is 23.2 Å². The standard InChI is InChI=1S/C15H27N/c1-11-7-12(2)9-14(8-11)16-10-15(5-6-15)13-3-4-13/h11-14,16H,3-10H2,1-2H3. The van der Waals surface area contributed by atoms with Crippen molar-refractivity contribution in [2.24, 2.45) is 23.2 Å². The van der Waals surface area contributed by atoms with Crippen LogP contribution in [-0.2, 0) is 0 Å². The molecule has 3 rings (SSSR count). The normalized spacial score (nSPS) is 42.0. The quantitative estimate of drug-likeness (QED) is 0.765. The molecule has 2 unspecified atom stereocenters. The van der Waals surface area contributed by atoms with Gasteiger partial charge < -0.3 is 5.32 Å². The second kappa shape index (κ2) is 4.01. The molecule has 2 atom stereocenters. The number of hydrogen-bond donors (Lipinski definition) is 1. The molecule has 0 aromatic carbocycles. The summed E-state index contributed by atoms with van der Waals surface area (Å²) >= 11 is 0. The van der Waals surface area contributed by atoms with Crippen molar-refractivity contribution in [2.45, 2.75) is 64.8 Å². The minimum Gasteiger partial charge on any atom is -0.313 e. The van der Waals surface area contributed by atoms with Crippen molar-refractivity contribution in [1.82, 2.24) is 5.32 Å². The van der Waals surface area contributed by atoms with Gasteiger partial charge in [-0.05, 0) is 68.1 Å². The third-order valence-corrected chi connectivity index (χ3v) is 5.26. The fraction of sp³-hybridized carbons (Fsp3) is 1.00. The first-order chi connectivity index (χ1) is 7.68. The van der Waals surface area contributed by atoms with Gasteiger partial charge in [-0.15, -0.1) is 0 Å². The molecule has 92 valence electrons. The van der Waals surface area contributed by atoms with E-state index in [1.54, 1.807) is 0 Å². The Morgan fingerprint density at radius 1 is 1.00 bits per heavy atom. The Labute approximate surface area is 100 Å². The maximum atomic E-state index is 3.91. The Bertz CT molecular complexity index is 242. The van der Waals surface area contributed by atoms with E-state index >= 15 is 0 Å². The predicted octanol–water partition coefficient (Wildman–Crippen LogP) is 3.59. The molecule has 0 aromatic rings. The van der Waals surface area contributed by atoms with Crippen molar-refractivity contribution >= 4 is 0 Å². The molecule has 1 nitrogen and oxygen atoms in total. The van der Waals surface area contributed by atoms with E-state index in [1.165, 1.54) is 51.5 Å². The van der Waals surface area contributed by atoms with Gasteiger partial charge in [0.1, 0.15) is 0 Å². The highest BCUT2D eigenvalue weighted by Gasteiger charge is 2.53. The molecule has 3 saturated carbocycles. The van der Waals surface area contributed by atoms with Crippen LogP contribution < -0.4 is 5.32 Å². The SMILES string of the molecule is CC1CC(C)CC(NCC2(C3CC3)CC2)C1. The second-order valence-electron chi connectivity index (χ2n) is 7.13. The Morgan fingerprint density at radius 3 is 2.12 bits per heavy atom. The zero-order valence-electron chi connectivity index (χ0n) is 11.0. The summed E-state index contributed by atoms with van der Waals surface area (Å²) in [7, 11) is 0. The van der Waals surface area contributed by atoms with Crippen molar-refractivity contribution in [3.8, 4) is 0 Å². The fourth-order valence-corrected chi connectivity index (χ4v) is 4.05. The highest BCUT2D eigenvalue weighted by atomic mass is 14.9. The maximum Gasteiger partial charge on any atom is 0.00723 e. The first kappa shape index (κ1) is 11.1. The van der Waals surface area contributed by atoms with E-state index < -0.39 is 0 Å². The third kappa shape index (κ3) is 2.30. The molecule has 3 fully saturated rings.